The lowest BCUT2D eigenvalue weighted by molar-refractivity contribution is -0.0492. The van der Waals surface area contributed by atoms with Gasteiger partial charge in [0.1, 0.15) is 11.8 Å². The van der Waals surface area contributed by atoms with Gasteiger partial charge in [0.2, 0.25) is 0 Å². The zero-order valence-corrected chi connectivity index (χ0v) is 14.6. The number of aliphatic hydroxyl groups excluding tert-OH is 1. The fourth-order valence-electron chi connectivity index (χ4n) is 2.79. The Morgan fingerprint density at radius 3 is 2.33 bits per heavy atom. The number of nitrogens with zero attached hydrogens (tertiary/aromatic N) is 1. The average molecular weight is 335 g/mol. The van der Waals surface area contributed by atoms with E-state index in [-0.39, 0.29) is 11.9 Å². The number of piperidine rings is 1. The van der Waals surface area contributed by atoms with Crippen molar-refractivity contribution in [3.8, 4) is 0 Å². The second kappa shape index (κ2) is 7.21. The van der Waals surface area contributed by atoms with Gasteiger partial charge in [0.05, 0.1) is 12.7 Å². The number of hydrogen-bond donors (Lipinski definition) is 1. The number of hydrogen-bond acceptors (Lipinski definition) is 5. The highest BCUT2D eigenvalue weighted by atomic mass is 16.6. The minimum Gasteiger partial charge on any atom is -0.465 e. The Labute approximate surface area is 142 Å². The van der Waals surface area contributed by atoms with E-state index in [9.17, 15) is 14.7 Å². The number of aliphatic hydroxyl groups is 1. The molecule has 6 nitrogen and oxygen atoms in total. The van der Waals surface area contributed by atoms with E-state index < -0.39 is 17.9 Å². The third kappa shape index (κ3) is 4.47. The van der Waals surface area contributed by atoms with E-state index in [0.717, 1.165) is 12.0 Å². The summed E-state index contributed by atoms with van der Waals surface area (Å²) in [5.41, 5.74) is 0.940. The Morgan fingerprint density at radius 2 is 1.83 bits per heavy atom. The summed E-state index contributed by atoms with van der Waals surface area (Å²) >= 11 is 0. The molecule has 0 aliphatic carbocycles. The summed E-state index contributed by atoms with van der Waals surface area (Å²) in [7, 11) is 1.35. The molecule has 132 valence electrons. The Hall–Kier alpha value is -2.08. The van der Waals surface area contributed by atoms with Crippen LogP contribution in [0.4, 0.5) is 4.79 Å². The van der Waals surface area contributed by atoms with E-state index in [1.165, 1.54) is 12.0 Å². The molecule has 2 atom stereocenters. The van der Waals surface area contributed by atoms with Crippen LogP contribution in [0.15, 0.2) is 24.3 Å². The topological polar surface area (TPSA) is 76.1 Å². The van der Waals surface area contributed by atoms with E-state index in [1.54, 1.807) is 32.9 Å². The van der Waals surface area contributed by atoms with E-state index in [4.69, 9.17) is 4.74 Å². The van der Waals surface area contributed by atoms with E-state index in [2.05, 4.69) is 4.74 Å². The number of carbonyl (C=O) groups excluding carboxylic acids is 2. The minimum absolute atomic E-state index is 0.130. The van der Waals surface area contributed by atoms with Crippen LogP contribution < -0.4 is 0 Å². The molecule has 0 spiro atoms. The Balaban J connectivity index is 2.00. The molecule has 0 radical (unpaired) electrons. The molecule has 0 saturated carbocycles. The smallest absolute Gasteiger partial charge is 0.412 e. The molecule has 0 bridgehead atoms. The number of amides is 1. The lowest BCUT2D eigenvalue weighted by atomic mass is 9.88. The van der Waals surface area contributed by atoms with E-state index >= 15 is 0 Å². The van der Waals surface area contributed by atoms with Gasteiger partial charge in [-0.15, -0.1) is 0 Å². The Kier molecular flexibility index (Phi) is 5.49. The molecule has 0 aromatic heterocycles. The van der Waals surface area contributed by atoms with Gasteiger partial charge in [-0.1, -0.05) is 12.1 Å². The van der Waals surface area contributed by atoms with E-state index in [1.807, 2.05) is 12.1 Å². The number of methoxy groups -OCH3 is 1. The van der Waals surface area contributed by atoms with Crippen LogP contribution in [0, 0.1) is 0 Å². The van der Waals surface area contributed by atoms with Gasteiger partial charge in [-0.25, -0.2) is 9.59 Å². The summed E-state index contributed by atoms with van der Waals surface area (Å²) in [5.74, 6) is -0.244. The molecule has 2 rings (SSSR count). The summed E-state index contributed by atoms with van der Waals surface area (Å²) in [6, 6.07) is 7.17. The summed E-state index contributed by atoms with van der Waals surface area (Å²) in [5, 5.41) is 10.3. The standard InChI is InChI=1S/C18H25NO5/c1-18(2,3)24-17(22)19-10-9-14(11-15(19)20)12-5-7-13(8-6-12)16(21)23-4/h5-8,14-15,20H,9-11H2,1-4H3. The van der Waals surface area contributed by atoms with Crippen LogP contribution in [0.25, 0.3) is 0 Å². The van der Waals surface area contributed by atoms with Crippen LogP contribution in [0.5, 0.6) is 0 Å². The monoisotopic (exact) mass is 335 g/mol. The van der Waals surface area contributed by atoms with Crippen molar-refractivity contribution in [1.82, 2.24) is 4.90 Å². The first-order valence-electron chi connectivity index (χ1n) is 8.07. The molecule has 1 amide bonds. The van der Waals surface area contributed by atoms with Crippen molar-refractivity contribution >= 4 is 12.1 Å². The van der Waals surface area contributed by atoms with Crippen molar-refractivity contribution in [2.45, 2.75) is 51.4 Å². The lowest BCUT2D eigenvalue weighted by Crippen LogP contribution is -2.47. The highest BCUT2D eigenvalue weighted by Crippen LogP contribution is 2.31. The SMILES string of the molecule is COC(=O)c1ccc(C2CCN(C(=O)OC(C)(C)C)C(O)C2)cc1. The zero-order chi connectivity index (χ0) is 17.9. The second-order valence-corrected chi connectivity index (χ2v) is 6.99. The first-order chi connectivity index (χ1) is 11.2. The highest BCUT2D eigenvalue weighted by molar-refractivity contribution is 5.89. The van der Waals surface area contributed by atoms with Gasteiger partial charge < -0.3 is 14.6 Å². The second-order valence-electron chi connectivity index (χ2n) is 6.99. The quantitative estimate of drug-likeness (QED) is 0.841. The van der Waals surface area contributed by atoms with Crippen molar-refractivity contribution in [2.75, 3.05) is 13.7 Å². The molecule has 24 heavy (non-hydrogen) atoms. The molecule has 1 heterocycles. The average Bonchev–Trinajstić information content (AvgIpc) is 2.52. The van der Waals surface area contributed by atoms with Crippen LogP contribution in [-0.4, -0.2) is 47.6 Å². The maximum atomic E-state index is 12.1. The van der Waals surface area contributed by atoms with Crippen LogP contribution in [0.3, 0.4) is 0 Å². The van der Waals surface area contributed by atoms with Gasteiger partial charge >= 0.3 is 12.1 Å². The number of benzene rings is 1. The number of esters is 1. The van der Waals surface area contributed by atoms with Crippen molar-refractivity contribution in [3.63, 3.8) is 0 Å². The van der Waals surface area contributed by atoms with Gasteiger partial charge in [0.25, 0.3) is 0 Å². The number of ether oxygens (including phenoxy) is 2. The third-order valence-corrected chi connectivity index (χ3v) is 4.00. The number of rotatable bonds is 2. The third-order valence-electron chi connectivity index (χ3n) is 4.00. The van der Waals surface area contributed by atoms with Gasteiger partial charge in [0, 0.05) is 6.54 Å². The molecule has 2 unspecified atom stereocenters. The predicted molar refractivity (Wildman–Crippen MR) is 88.7 cm³/mol. The molecule has 6 heteroatoms. The summed E-state index contributed by atoms with van der Waals surface area (Å²) in [4.78, 5) is 24.9. The molecule has 1 saturated heterocycles. The van der Waals surface area contributed by atoms with E-state index in [0.29, 0.717) is 18.5 Å². The van der Waals surface area contributed by atoms with Gasteiger partial charge in [-0.05, 0) is 57.2 Å². The van der Waals surface area contributed by atoms with Crippen LogP contribution >= 0.6 is 0 Å². The maximum absolute atomic E-state index is 12.1. The summed E-state index contributed by atoms with van der Waals surface area (Å²) in [6.07, 6.45) is -0.196. The highest BCUT2D eigenvalue weighted by Gasteiger charge is 2.33. The fraction of sp³-hybridized carbons (Fsp3) is 0.556. The first kappa shape index (κ1) is 18.3. The van der Waals surface area contributed by atoms with Crippen molar-refractivity contribution < 1.29 is 24.2 Å². The Bertz CT molecular complexity index is 590. The molecule has 1 N–H and O–H groups in total. The van der Waals surface area contributed by atoms with Gasteiger partial charge in [0.15, 0.2) is 0 Å². The summed E-state index contributed by atoms with van der Waals surface area (Å²) < 4.78 is 10.0. The van der Waals surface area contributed by atoms with Crippen LogP contribution in [0.2, 0.25) is 0 Å². The van der Waals surface area contributed by atoms with Crippen LogP contribution in [0.1, 0.15) is 55.5 Å². The maximum Gasteiger partial charge on any atom is 0.412 e. The molecular weight excluding hydrogens is 310 g/mol. The molecule has 1 fully saturated rings. The molecular formula is C18H25NO5. The summed E-state index contributed by atoms with van der Waals surface area (Å²) in [6.45, 7) is 5.83. The Morgan fingerprint density at radius 1 is 1.21 bits per heavy atom. The minimum atomic E-state index is -0.876. The lowest BCUT2D eigenvalue weighted by Gasteiger charge is -2.37. The number of carbonyl (C=O) groups is 2. The molecule has 1 aromatic rings. The molecule has 1 aliphatic heterocycles. The molecule has 1 aliphatic rings. The van der Waals surface area contributed by atoms with Crippen molar-refractivity contribution in [2.24, 2.45) is 0 Å². The normalized spacial score (nSPS) is 21.3. The first-order valence-corrected chi connectivity index (χ1v) is 8.07. The van der Waals surface area contributed by atoms with Crippen molar-refractivity contribution in [3.05, 3.63) is 35.4 Å². The van der Waals surface area contributed by atoms with Crippen LogP contribution in [-0.2, 0) is 9.47 Å². The van der Waals surface area contributed by atoms with Gasteiger partial charge in [-0.2, -0.15) is 0 Å². The largest absolute Gasteiger partial charge is 0.465 e. The fourth-order valence-corrected chi connectivity index (χ4v) is 2.79. The molecule has 1 aromatic carbocycles. The zero-order valence-electron chi connectivity index (χ0n) is 14.6. The predicted octanol–water partition coefficient (Wildman–Crippen LogP) is 2.91. The van der Waals surface area contributed by atoms with Gasteiger partial charge in [-0.3, -0.25) is 4.90 Å². The van der Waals surface area contributed by atoms with Crippen molar-refractivity contribution in [1.29, 1.82) is 0 Å². The number of likely N-dealkylation sites (tertiary alicyclic amines) is 1.